The van der Waals surface area contributed by atoms with E-state index in [-0.39, 0.29) is 12.2 Å². The molecule has 2 N–H and O–H groups in total. The molecule has 1 aliphatic heterocycles. The average molecular weight is 444 g/mol. The minimum absolute atomic E-state index is 0.103. The van der Waals surface area contributed by atoms with Crippen molar-refractivity contribution in [3.63, 3.8) is 0 Å². The summed E-state index contributed by atoms with van der Waals surface area (Å²) in [7, 11) is 0. The third-order valence-electron chi connectivity index (χ3n) is 6.71. The number of nitrogens with one attached hydrogen (secondary N) is 2. The zero-order valence-electron chi connectivity index (χ0n) is 18.4. The van der Waals surface area contributed by atoms with Crippen molar-refractivity contribution >= 4 is 28.9 Å². The fourth-order valence-corrected chi connectivity index (χ4v) is 4.61. The first-order valence-electron chi connectivity index (χ1n) is 11.3. The molecule has 10 heteroatoms. The van der Waals surface area contributed by atoms with E-state index in [1.54, 1.807) is 16.8 Å². The monoisotopic (exact) mass is 443 g/mol. The summed E-state index contributed by atoms with van der Waals surface area (Å²) in [5.41, 5.74) is 2.02. The molecule has 4 aromatic rings. The number of fused-ring (bicyclic) bond motifs is 1. The SMILES string of the molecule is C[C@@]1(C(=O)Cc2ccncn2)CCCN1c1nc(Nc2cc(C3CC3)[nH]n2)c2cccn2n1. The highest BCUT2D eigenvalue weighted by atomic mass is 16.1. The van der Waals surface area contributed by atoms with Gasteiger partial charge < -0.3 is 10.2 Å². The average Bonchev–Trinajstić information content (AvgIpc) is 3.20. The van der Waals surface area contributed by atoms with Gasteiger partial charge in [-0.1, -0.05) is 0 Å². The number of anilines is 3. The molecule has 1 saturated carbocycles. The predicted octanol–water partition coefficient (Wildman–Crippen LogP) is 3.03. The van der Waals surface area contributed by atoms with Gasteiger partial charge in [0.15, 0.2) is 17.4 Å². The van der Waals surface area contributed by atoms with E-state index in [1.165, 1.54) is 19.2 Å². The zero-order chi connectivity index (χ0) is 22.4. The van der Waals surface area contributed by atoms with Crippen molar-refractivity contribution in [2.75, 3.05) is 16.8 Å². The summed E-state index contributed by atoms with van der Waals surface area (Å²) in [6.07, 6.45) is 9.34. The number of Topliss-reactive ketones (excluding diaryl/α,β-unsaturated/α-hetero) is 1. The molecule has 0 amide bonds. The highest BCUT2D eigenvalue weighted by Gasteiger charge is 2.44. The Bertz CT molecular complexity index is 1310. The van der Waals surface area contributed by atoms with Gasteiger partial charge in [-0.3, -0.25) is 9.89 Å². The number of hydrogen-bond acceptors (Lipinski definition) is 8. The number of H-pyrrole nitrogens is 1. The second-order valence-electron chi connectivity index (χ2n) is 9.04. The molecule has 0 radical (unpaired) electrons. The topological polar surface area (TPSA) is 117 Å². The van der Waals surface area contributed by atoms with Gasteiger partial charge >= 0.3 is 0 Å². The summed E-state index contributed by atoms with van der Waals surface area (Å²) >= 11 is 0. The van der Waals surface area contributed by atoms with Crippen LogP contribution in [0.15, 0.2) is 43.0 Å². The lowest BCUT2D eigenvalue weighted by Crippen LogP contribution is -2.50. The van der Waals surface area contributed by atoms with Crippen molar-refractivity contribution in [3.05, 3.63) is 54.4 Å². The maximum Gasteiger partial charge on any atom is 0.246 e. The van der Waals surface area contributed by atoms with Crippen LogP contribution in [0.3, 0.4) is 0 Å². The first-order valence-corrected chi connectivity index (χ1v) is 11.3. The molecule has 6 rings (SSSR count). The van der Waals surface area contributed by atoms with Crippen LogP contribution >= 0.6 is 0 Å². The lowest BCUT2D eigenvalue weighted by Gasteiger charge is -2.34. The van der Waals surface area contributed by atoms with Gasteiger partial charge in [0.05, 0.1) is 17.7 Å². The lowest BCUT2D eigenvalue weighted by molar-refractivity contribution is -0.122. The van der Waals surface area contributed by atoms with Crippen LogP contribution in [0.5, 0.6) is 0 Å². The molecular formula is C23H25N9O. The molecule has 10 nitrogen and oxygen atoms in total. The van der Waals surface area contributed by atoms with E-state index in [0.717, 1.165) is 35.6 Å². The summed E-state index contributed by atoms with van der Waals surface area (Å²) in [5, 5.41) is 15.6. The second kappa shape index (κ2) is 7.65. The van der Waals surface area contributed by atoms with Crippen molar-refractivity contribution in [1.29, 1.82) is 0 Å². The largest absolute Gasteiger partial charge is 0.327 e. The van der Waals surface area contributed by atoms with E-state index in [9.17, 15) is 4.79 Å². The smallest absolute Gasteiger partial charge is 0.246 e. The summed E-state index contributed by atoms with van der Waals surface area (Å²) in [6, 6.07) is 7.72. The molecule has 2 fully saturated rings. The number of carbonyl (C=O) groups excluding carboxylic acids is 1. The Balaban J connectivity index is 1.32. The van der Waals surface area contributed by atoms with Crippen LogP contribution in [-0.2, 0) is 11.2 Å². The van der Waals surface area contributed by atoms with Crippen LogP contribution < -0.4 is 10.2 Å². The number of aromatic nitrogens is 7. The van der Waals surface area contributed by atoms with Gasteiger partial charge in [0.2, 0.25) is 5.95 Å². The van der Waals surface area contributed by atoms with Gasteiger partial charge in [-0.05, 0) is 50.8 Å². The van der Waals surface area contributed by atoms with E-state index < -0.39 is 5.54 Å². The summed E-state index contributed by atoms with van der Waals surface area (Å²) in [6.45, 7) is 2.70. The van der Waals surface area contributed by atoms with E-state index in [2.05, 4.69) is 25.5 Å². The Morgan fingerprint density at radius 3 is 3.06 bits per heavy atom. The number of ketones is 1. The summed E-state index contributed by atoms with van der Waals surface area (Å²) < 4.78 is 1.80. The third-order valence-corrected chi connectivity index (χ3v) is 6.71. The molecule has 1 saturated heterocycles. The minimum atomic E-state index is -0.700. The summed E-state index contributed by atoms with van der Waals surface area (Å²) in [5.74, 6) is 2.61. The highest BCUT2D eigenvalue weighted by molar-refractivity contribution is 5.93. The molecule has 5 heterocycles. The van der Waals surface area contributed by atoms with Crippen LogP contribution in [-0.4, -0.2) is 52.6 Å². The molecule has 168 valence electrons. The van der Waals surface area contributed by atoms with Gasteiger partial charge in [-0.2, -0.15) is 10.1 Å². The quantitative estimate of drug-likeness (QED) is 0.448. The molecule has 2 aliphatic rings. The first-order chi connectivity index (χ1) is 16.1. The molecule has 0 aromatic carbocycles. The Morgan fingerprint density at radius 1 is 1.33 bits per heavy atom. The second-order valence-corrected chi connectivity index (χ2v) is 9.04. The molecule has 4 aromatic heterocycles. The van der Waals surface area contributed by atoms with Crippen molar-refractivity contribution in [1.82, 2.24) is 34.8 Å². The van der Waals surface area contributed by atoms with Crippen LogP contribution in [0, 0.1) is 0 Å². The lowest BCUT2D eigenvalue weighted by atomic mass is 9.90. The first kappa shape index (κ1) is 19.8. The Morgan fingerprint density at radius 2 is 2.24 bits per heavy atom. The van der Waals surface area contributed by atoms with E-state index in [0.29, 0.717) is 24.2 Å². The van der Waals surface area contributed by atoms with Crippen LogP contribution in [0.25, 0.3) is 5.52 Å². The molecule has 1 aliphatic carbocycles. The third kappa shape index (κ3) is 3.61. The molecule has 0 unspecified atom stereocenters. The van der Waals surface area contributed by atoms with Crippen molar-refractivity contribution < 1.29 is 4.79 Å². The molecule has 0 bridgehead atoms. The van der Waals surface area contributed by atoms with E-state index >= 15 is 0 Å². The number of nitrogens with zero attached hydrogens (tertiary/aromatic N) is 7. The van der Waals surface area contributed by atoms with Crippen molar-refractivity contribution in [2.45, 2.75) is 50.5 Å². The van der Waals surface area contributed by atoms with Crippen molar-refractivity contribution in [2.24, 2.45) is 0 Å². The zero-order valence-corrected chi connectivity index (χ0v) is 18.4. The van der Waals surface area contributed by atoms with Crippen LogP contribution in [0.1, 0.15) is 49.9 Å². The van der Waals surface area contributed by atoms with Gasteiger partial charge in [-0.15, -0.1) is 5.10 Å². The molecule has 0 spiro atoms. The van der Waals surface area contributed by atoms with Crippen LogP contribution in [0.2, 0.25) is 0 Å². The van der Waals surface area contributed by atoms with Gasteiger partial charge in [-0.25, -0.2) is 14.5 Å². The van der Waals surface area contributed by atoms with Gasteiger partial charge in [0, 0.05) is 36.6 Å². The van der Waals surface area contributed by atoms with E-state index in [1.807, 2.05) is 36.2 Å². The number of aromatic amines is 1. The highest BCUT2D eigenvalue weighted by Crippen LogP contribution is 2.40. The van der Waals surface area contributed by atoms with Gasteiger partial charge in [0.1, 0.15) is 11.8 Å². The van der Waals surface area contributed by atoms with Crippen molar-refractivity contribution in [3.8, 4) is 0 Å². The Kier molecular flexibility index (Phi) is 4.60. The Labute approximate surface area is 190 Å². The molecule has 33 heavy (non-hydrogen) atoms. The normalized spacial score (nSPS) is 20.5. The predicted molar refractivity (Wildman–Crippen MR) is 123 cm³/mol. The number of carbonyl (C=O) groups is 1. The Hall–Kier alpha value is -3.82. The molecular weight excluding hydrogens is 418 g/mol. The minimum Gasteiger partial charge on any atom is -0.327 e. The summed E-state index contributed by atoms with van der Waals surface area (Å²) in [4.78, 5) is 28.4. The van der Waals surface area contributed by atoms with Gasteiger partial charge in [0.25, 0.3) is 0 Å². The fraction of sp³-hybridized carbons (Fsp3) is 0.391. The number of rotatable bonds is 7. The fourth-order valence-electron chi connectivity index (χ4n) is 4.61. The van der Waals surface area contributed by atoms with Crippen LogP contribution in [0.4, 0.5) is 17.6 Å². The standard InChI is InChI=1S/C23H25N9O/c1-23(19(33)12-16-7-9-24-14-25-16)8-3-10-31(23)22-27-21(18-4-2-11-32(18)30-22)26-20-13-17(28-29-20)15-5-6-15/h2,4,7,9,11,13-15H,3,5-6,8,10,12H2,1H3,(H2,26,27,28,29,30)/t23-/m0/s1. The van der Waals surface area contributed by atoms with E-state index in [4.69, 9.17) is 10.1 Å². The maximum atomic E-state index is 13.4. The number of hydrogen-bond donors (Lipinski definition) is 2. The molecule has 1 atom stereocenters. The maximum absolute atomic E-state index is 13.4.